The highest BCUT2D eigenvalue weighted by molar-refractivity contribution is 5.73. The van der Waals surface area contributed by atoms with E-state index >= 15 is 0 Å². The molecule has 0 aromatic carbocycles. The van der Waals surface area contributed by atoms with Crippen molar-refractivity contribution in [1.82, 2.24) is 5.32 Å². The van der Waals surface area contributed by atoms with Gasteiger partial charge in [0.05, 0.1) is 0 Å². The van der Waals surface area contributed by atoms with Crippen LogP contribution in [0.25, 0.3) is 0 Å². The van der Waals surface area contributed by atoms with Crippen LogP contribution < -0.4 is 5.32 Å². The summed E-state index contributed by atoms with van der Waals surface area (Å²) in [5.41, 5.74) is 0. The van der Waals surface area contributed by atoms with Crippen LogP contribution in [0, 0.1) is 0 Å². The van der Waals surface area contributed by atoms with Crippen LogP contribution in [-0.2, 0) is 4.79 Å². The van der Waals surface area contributed by atoms with Crippen molar-refractivity contribution in [3.05, 3.63) is 0 Å². The van der Waals surface area contributed by atoms with Gasteiger partial charge in [-0.3, -0.25) is 4.79 Å². The molecule has 0 spiro atoms. The van der Waals surface area contributed by atoms with Crippen LogP contribution in [-0.4, -0.2) is 35.4 Å². The molecule has 3 N–H and O–H groups in total. The van der Waals surface area contributed by atoms with Crippen molar-refractivity contribution >= 4 is 5.97 Å². The predicted octanol–water partition coefficient (Wildman–Crippen LogP) is 0.992. The van der Waals surface area contributed by atoms with Crippen molar-refractivity contribution in [3.8, 4) is 0 Å². The number of nitrogens with one attached hydrogen (secondary N) is 1. The van der Waals surface area contributed by atoms with Crippen LogP contribution in [0.1, 0.15) is 39.0 Å². The molecule has 0 aromatic heterocycles. The molecule has 84 valence electrons. The van der Waals surface area contributed by atoms with Gasteiger partial charge in [-0.2, -0.15) is 0 Å². The molecular weight excluding hydrogens is 182 g/mol. The minimum atomic E-state index is -0.775. The van der Waals surface area contributed by atoms with Gasteiger partial charge in [0.15, 0.2) is 0 Å². The van der Waals surface area contributed by atoms with Crippen molar-refractivity contribution in [3.63, 3.8) is 0 Å². The van der Waals surface area contributed by atoms with Crippen LogP contribution >= 0.6 is 0 Å². The average molecular weight is 203 g/mol. The summed E-state index contributed by atoms with van der Waals surface area (Å²) in [4.78, 5) is 10.6. The molecule has 0 aromatic rings. The number of hydrogen-bond donors (Lipinski definition) is 3. The van der Waals surface area contributed by atoms with E-state index in [-0.39, 0.29) is 6.61 Å². The molecule has 4 heteroatoms. The number of carboxylic acids is 1. The van der Waals surface area contributed by atoms with Gasteiger partial charge in [-0.25, -0.2) is 0 Å². The zero-order chi connectivity index (χ0) is 10.8. The first-order chi connectivity index (χ1) is 6.72. The number of carboxylic acid groups (broad SMARTS) is 1. The summed E-state index contributed by atoms with van der Waals surface area (Å²) < 4.78 is 0. The first-order valence-electron chi connectivity index (χ1n) is 5.29. The Labute approximate surface area is 85.3 Å². The molecule has 0 radical (unpaired) electrons. The summed E-state index contributed by atoms with van der Waals surface area (Å²) in [5.74, 6) is -0.775. The molecule has 0 rings (SSSR count). The van der Waals surface area contributed by atoms with Crippen LogP contribution in [0.4, 0.5) is 0 Å². The normalized spacial score (nSPS) is 12.7. The summed E-state index contributed by atoms with van der Waals surface area (Å²) in [6, 6.07) is -0.409. The fourth-order valence-electron chi connectivity index (χ4n) is 1.27. The highest BCUT2D eigenvalue weighted by Crippen LogP contribution is 1.98. The zero-order valence-electron chi connectivity index (χ0n) is 8.83. The fourth-order valence-corrected chi connectivity index (χ4v) is 1.27. The lowest BCUT2D eigenvalue weighted by molar-refractivity contribution is -0.139. The standard InChI is InChI=1S/C10H21NO3/c1-2-9(10(13)14)11-7-5-3-4-6-8-12/h9,11-12H,2-8H2,1H3,(H,13,14). The van der Waals surface area contributed by atoms with Crippen LogP contribution in [0.5, 0.6) is 0 Å². The largest absolute Gasteiger partial charge is 0.480 e. The summed E-state index contributed by atoms with van der Waals surface area (Å²) in [6.07, 6.45) is 4.50. The van der Waals surface area contributed by atoms with Crippen LogP contribution in [0.3, 0.4) is 0 Å². The van der Waals surface area contributed by atoms with Gasteiger partial charge in [-0.15, -0.1) is 0 Å². The lowest BCUT2D eigenvalue weighted by Gasteiger charge is -2.11. The van der Waals surface area contributed by atoms with Gasteiger partial charge in [0, 0.05) is 6.61 Å². The van der Waals surface area contributed by atoms with Gasteiger partial charge < -0.3 is 15.5 Å². The number of hydrogen-bond acceptors (Lipinski definition) is 3. The molecule has 1 atom stereocenters. The maximum Gasteiger partial charge on any atom is 0.320 e. The number of carbonyl (C=O) groups is 1. The molecule has 0 aliphatic heterocycles. The lowest BCUT2D eigenvalue weighted by Crippen LogP contribution is -2.36. The van der Waals surface area contributed by atoms with Gasteiger partial charge in [0.25, 0.3) is 0 Å². The first-order valence-corrected chi connectivity index (χ1v) is 5.29. The quantitative estimate of drug-likeness (QED) is 0.489. The topological polar surface area (TPSA) is 69.6 Å². The highest BCUT2D eigenvalue weighted by Gasteiger charge is 2.12. The van der Waals surface area contributed by atoms with Gasteiger partial charge in [-0.1, -0.05) is 19.8 Å². The fraction of sp³-hybridized carbons (Fsp3) is 0.900. The Hall–Kier alpha value is -0.610. The van der Waals surface area contributed by atoms with E-state index in [1.807, 2.05) is 6.92 Å². The van der Waals surface area contributed by atoms with E-state index in [1.165, 1.54) is 0 Å². The molecule has 4 nitrogen and oxygen atoms in total. The van der Waals surface area contributed by atoms with Gasteiger partial charge >= 0.3 is 5.97 Å². The smallest absolute Gasteiger partial charge is 0.320 e. The first kappa shape index (κ1) is 13.4. The van der Waals surface area contributed by atoms with E-state index in [9.17, 15) is 4.79 Å². The highest BCUT2D eigenvalue weighted by atomic mass is 16.4. The number of aliphatic hydroxyl groups is 1. The summed E-state index contributed by atoms with van der Waals surface area (Å²) >= 11 is 0. The van der Waals surface area contributed by atoms with E-state index < -0.39 is 12.0 Å². The Bertz CT molecular complexity index is 150. The van der Waals surface area contributed by atoms with E-state index in [2.05, 4.69) is 5.32 Å². The third-order valence-electron chi connectivity index (χ3n) is 2.18. The Morgan fingerprint density at radius 3 is 2.43 bits per heavy atom. The maximum atomic E-state index is 10.6. The second kappa shape index (κ2) is 8.97. The Kier molecular flexibility index (Phi) is 8.57. The van der Waals surface area contributed by atoms with Crippen LogP contribution in [0.2, 0.25) is 0 Å². The van der Waals surface area contributed by atoms with Crippen molar-refractivity contribution in [1.29, 1.82) is 0 Å². The Morgan fingerprint density at radius 1 is 1.29 bits per heavy atom. The third-order valence-corrected chi connectivity index (χ3v) is 2.18. The van der Waals surface area contributed by atoms with Crippen molar-refractivity contribution in [2.45, 2.75) is 45.1 Å². The van der Waals surface area contributed by atoms with Crippen molar-refractivity contribution in [2.75, 3.05) is 13.2 Å². The second-order valence-corrected chi connectivity index (χ2v) is 3.39. The maximum absolute atomic E-state index is 10.6. The monoisotopic (exact) mass is 203 g/mol. The molecule has 14 heavy (non-hydrogen) atoms. The summed E-state index contributed by atoms with van der Waals surface area (Å²) in [5, 5.41) is 20.2. The number of aliphatic carboxylic acids is 1. The lowest BCUT2D eigenvalue weighted by atomic mass is 10.2. The average Bonchev–Trinajstić information content (AvgIpc) is 2.16. The summed E-state index contributed by atoms with van der Waals surface area (Å²) in [6.45, 7) is 2.86. The molecule has 1 unspecified atom stereocenters. The molecule has 0 saturated heterocycles. The minimum absolute atomic E-state index is 0.250. The Balaban J connectivity index is 3.29. The number of unbranched alkanes of at least 4 members (excludes halogenated alkanes) is 3. The minimum Gasteiger partial charge on any atom is -0.480 e. The summed E-state index contributed by atoms with van der Waals surface area (Å²) in [7, 11) is 0. The SMILES string of the molecule is CCC(NCCCCCCO)C(=O)O. The second-order valence-electron chi connectivity index (χ2n) is 3.39. The molecule has 0 aliphatic rings. The van der Waals surface area contributed by atoms with Gasteiger partial charge in [0.1, 0.15) is 6.04 Å². The molecule has 0 heterocycles. The van der Waals surface area contributed by atoms with Crippen molar-refractivity contribution < 1.29 is 15.0 Å². The molecule has 0 saturated carbocycles. The predicted molar refractivity (Wildman–Crippen MR) is 55.3 cm³/mol. The van der Waals surface area contributed by atoms with E-state index in [1.54, 1.807) is 0 Å². The molecule has 0 fully saturated rings. The van der Waals surface area contributed by atoms with E-state index in [0.29, 0.717) is 6.42 Å². The van der Waals surface area contributed by atoms with Gasteiger partial charge in [0.2, 0.25) is 0 Å². The van der Waals surface area contributed by atoms with Crippen molar-refractivity contribution in [2.24, 2.45) is 0 Å². The molecule has 0 aliphatic carbocycles. The Morgan fingerprint density at radius 2 is 1.93 bits per heavy atom. The van der Waals surface area contributed by atoms with E-state index in [4.69, 9.17) is 10.2 Å². The molecule has 0 bridgehead atoms. The van der Waals surface area contributed by atoms with Crippen LogP contribution in [0.15, 0.2) is 0 Å². The van der Waals surface area contributed by atoms with Gasteiger partial charge in [-0.05, 0) is 25.8 Å². The third kappa shape index (κ3) is 6.86. The number of rotatable bonds is 9. The zero-order valence-corrected chi connectivity index (χ0v) is 8.83. The molecular formula is C10H21NO3. The van der Waals surface area contributed by atoms with E-state index in [0.717, 1.165) is 32.2 Å². The number of aliphatic hydroxyl groups excluding tert-OH is 1. The molecule has 0 amide bonds.